The van der Waals surface area contributed by atoms with Crippen LogP contribution >= 0.6 is 0 Å². The van der Waals surface area contributed by atoms with Crippen LogP contribution in [0, 0.1) is 0 Å². The topological polar surface area (TPSA) is 15.6 Å². The largest absolute Gasteiger partial charge is 0.349 e. The summed E-state index contributed by atoms with van der Waals surface area (Å²) in [7, 11) is 0. The Balaban J connectivity index is 1.87. The molecule has 1 aliphatic heterocycles. The van der Waals surface area contributed by atoms with Crippen molar-refractivity contribution < 1.29 is 0 Å². The molecule has 1 fully saturated rings. The molecule has 0 unspecified atom stereocenters. The maximum absolute atomic E-state index is 4.12. The first-order chi connectivity index (χ1) is 5.47. The molecule has 0 aromatic rings. The predicted molar refractivity (Wildman–Crippen MR) is 45.9 cm³/mol. The summed E-state index contributed by atoms with van der Waals surface area (Å²) in [4.78, 5) is 6.42. The third-order valence-corrected chi connectivity index (χ3v) is 2.67. The second-order valence-electron chi connectivity index (χ2n) is 3.47. The fourth-order valence-corrected chi connectivity index (χ4v) is 2.01. The zero-order valence-corrected chi connectivity index (χ0v) is 6.92. The third-order valence-electron chi connectivity index (χ3n) is 2.67. The Morgan fingerprint density at radius 2 is 2.00 bits per heavy atom. The van der Waals surface area contributed by atoms with Crippen LogP contribution in [0.4, 0.5) is 0 Å². The molecule has 0 bridgehead atoms. The lowest BCUT2D eigenvalue weighted by atomic mass is 9.95. The van der Waals surface area contributed by atoms with Crippen LogP contribution in [0.15, 0.2) is 4.99 Å². The van der Waals surface area contributed by atoms with Crippen molar-refractivity contribution in [1.82, 2.24) is 4.90 Å². The van der Waals surface area contributed by atoms with E-state index in [4.69, 9.17) is 0 Å². The Morgan fingerprint density at radius 1 is 1.18 bits per heavy atom. The van der Waals surface area contributed by atoms with E-state index in [1.807, 2.05) is 0 Å². The van der Waals surface area contributed by atoms with E-state index >= 15 is 0 Å². The molecule has 2 nitrogen and oxygen atoms in total. The van der Waals surface area contributed by atoms with Crippen LogP contribution in [0.2, 0.25) is 0 Å². The van der Waals surface area contributed by atoms with Crippen LogP contribution in [0.1, 0.15) is 32.1 Å². The zero-order chi connectivity index (χ0) is 7.52. The van der Waals surface area contributed by atoms with E-state index in [2.05, 4.69) is 16.2 Å². The van der Waals surface area contributed by atoms with Gasteiger partial charge in [-0.15, -0.1) is 0 Å². The summed E-state index contributed by atoms with van der Waals surface area (Å²) in [5.74, 6) is 0. The summed E-state index contributed by atoms with van der Waals surface area (Å²) in [5, 5.41) is 0. The number of aliphatic imine (C=N–C) groups is 1. The molecule has 1 saturated carbocycles. The molecule has 2 aliphatic rings. The molecular weight excluding hydrogens is 136 g/mol. The Hall–Kier alpha value is -0.530. The Kier molecular flexibility index (Phi) is 2.11. The first-order valence-electron chi connectivity index (χ1n) is 4.65. The van der Waals surface area contributed by atoms with Gasteiger partial charge >= 0.3 is 0 Å². The molecule has 0 spiro atoms. The lowest BCUT2D eigenvalue weighted by molar-refractivity contribution is 0.265. The normalized spacial score (nSPS) is 26.4. The average molecular weight is 151 g/mol. The van der Waals surface area contributed by atoms with Gasteiger partial charge in [0.15, 0.2) is 6.34 Å². The molecule has 1 radical (unpaired) electrons. The van der Waals surface area contributed by atoms with Gasteiger partial charge in [0.2, 0.25) is 0 Å². The second-order valence-corrected chi connectivity index (χ2v) is 3.47. The first-order valence-corrected chi connectivity index (χ1v) is 4.65. The van der Waals surface area contributed by atoms with E-state index < -0.39 is 0 Å². The van der Waals surface area contributed by atoms with Crippen LogP contribution in [0.5, 0.6) is 0 Å². The van der Waals surface area contributed by atoms with Gasteiger partial charge in [-0.1, -0.05) is 19.3 Å². The summed E-state index contributed by atoms with van der Waals surface area (Å²) in [5.41, 5.74) is 0. The standard InChI is InChI=1S/C9H15N2/c1-2-4-9(5-3-1)11-7-6-10-8-11/h9H,1-7H2. The van der Waals surface area contributed by atoms with Crippen LogP contribution < -0.4 is 0 Å². The van der Waals surface area contributed by atoms with Gasteiger partial charge in [0.05, 0.1) is 6.54 Å². The van der Waals surface area contributed by atoms with Crippen LogP contribution in [-0.4, -0.2) is 30.4 Å². The third kappa shape index (κ3) is 1.55. The van der Waals surface area contributed by atoms with Crippen molar-refractivity contribution >= 4 is 6.34 Å². The summed E-state index contributed by atoms with van der Waals surface area (Å²) >= 11 is 0. The molecule has 0 amide bonds. The van der Waals surface area contributed by atoms with E-state index in [1.165, 1.54) is 32.1 Å². The fourth-order valence-electron chi connectivity index (χ4n) is 2.01. The summed E-state index contributed by atoms with van der Waals surface area (Å²) in [6.07, 6.45) is 10.1. The average Bonchev–Trinajstić information content (AvgIpc) is 2.58. The van der Waals surface area contributed by atoms with E-state index in [-0.39, 0.29) is 0 Å². The number of hydrogen-bond acceptors (Lipinski definition) is 2. The molecule has 2 heteroatoms. The monoisotopic (exact) mass is 151 g/mol. The number of nitrogens with zero attached hydrogens (tertiary/aromatic N) is 2. The zero-order valence-electron chi connectivity index (χ0n) is 6.92. The Morgan fingerprint density at radius 3 is 2.64 bits per heavy atom. The molecule has 0 aromatic carbocycles. The van der Waals surface area contributed by atoms with Crippen LogP contribution in [0.3, 0.4) is 0 Å². The highest BCUT2D eigenvalue weighted by atomic mass is 15.2. The molecule has 2 rings (SSSR count). The van der Waals surface area contributed by atoms with Crippen LogP contribution in [-0.2, 0) is 0 Å². The number of rotatable bonds is 1. The van der Waals surface area contributed by atoms with Crippen LogP contribution in [0.25, 0.3) is 0 Å². The van der Waals surface area contributed by atoms with E-state index in [0.717, 1.165) is 19.1 Å². The molecule has 11 heavy (non-hydrogen) atoms. The maximum Gasteiger partial charge on any atom is 0.167 e. The van der Waals surface area contributed by atoms with Crippen molar-refractivity contribution in [1.29, 1.82) is 0 Å². The number of hydrogen-bond donors (Lipinski definition) is 0. The van der Waals surface area contributed by atoms with Gasteiger partial charge in [0, 0.05) is 12.6 Å². The molecule has 1 aliphatic carbocycles. The second kappa shape index (κ2) is 3.24. The Labute approximate surface area is 68.3 Å². The molecule has 0 aromatic heterocycles. The minimum Gasteiger partial charge on any atom is -0.349 e. The lowest BCUT2D eigenvalue weighted by Gasteiger charge is -2.29. The van der Waals surface area contributed by atoms with Gasteiger partial charge in [0.1, 0.15) is 0 Å². The molecule has 1 heterocycles. The predicted octanol–water partition coefficient (Wildman–Crippen LogP) is 1.54. The minimum atomic E-state index is 0.773. The van der Waals surface area contributed by atoms with Gasteiger partial charge in [0.25, 0.3) is 0 Å². The maximum atomic E-state index is 4.12. The van der Waals surface area contributed by atoms with Crippen molar-refractivity contribution in [3.8, 4) is 0 Å². The quantitative estimate of drug-likeness (QED) is 0.555. The van der Waals surface area contributed by atoms with E-state index in [0.29, 0.717) is 0 Å². The summed E-state index contributed by atoms with van der Waals surface area (Å²) in [6.45, 7) is 2.08. The van der Waals surface area contributed by atoms with Crippen molar-refractivity contribution in [3.05, 3.63) is 0 Å². The van der Waals surface area contributed by atoms with E-state index in [1.54, 1.807) is 0 Å². The van der Waals surface area contributed by atoms with Crippen molar-refractivity contribution in [2.24, 2.45) is 4.99 Å². The van der Waals surface area contributed by atoms with E-state index in [9.17, 15) is 0 Å². The molecule has 0 atom stereocenters. The lowest BCUT2D eigenvalue weighted by Crippen LogP contribution is -2.34. The molecule has 61 valence electrons. The fraction of sp³-hybridized carbons (Fsp3) is 0.889. The van der Waals surface area contributed by atoms with Gasteiger partial charge in [-0.25, -0.2) is 0 Å². The highest BCUT2D eigenvalue weighted by molar-refractivity contribution is 5.57. The van der Waals surface area contributed by atoms with Gasteiger partial charge in [-0.3, -0.25) is 4.99 Å². The van der Waals surface area contributed by atoms with Gasteiger partial charge in [-0.2, -0.15) is 0 Å². The molecular formula is C9H15N2. The smallest absolute Gasteiger partial charge is 0.167 e. The van der Waals surface area contributed by atoms with Crippen molar-refractivity contribution in [2.75, 3.05) is 13.1 Å². The minimum absolute atomic E-state index is 0.773. The SMILES string of the molecule is [C]1=NCCN1C1CCCCC1. The molecule has 0 saturated heterocycles. The molecule has 0 N–H and O–H groups in total. The van der Waals surface area contributed by atoms with Gasteiger partial charge < -0.3 is 4.90 Å². The summed E-state index contributed by atoms with van der Waals surface area (Å²) < 4.78 is 0. The van der Waals surface area contributed by atoms with Gasteiger partial charge in [-0.05, 0) is 12.8 Å². The Bertz CT molecular complexity index is 148. The highest BCUT2D eigenvalue weighted by Gasteiger charge is 2.20. The summed E-state index contributed by atoms with van der Waals surface area (Å²) in [6, 6.07) is 0.773. The van der Waals surface area contributed by atoms with Crippen molar-refractivity contribution in [2.45, 2.75) is 38.1 Å². The highest BCUT2D eigenvalue weighted by Crippen LogP contribution is 2.22. The first kappa shape index (κ1) is 7.14. The van der Waals surface area contributed by atoms with Crippen molar-refractivity contribution in [3.63, 3.8) is 0 Å².